The van der Waals surface area contributed by atoms with E-state index in [9.17, 15) is 9.90 Å². The zero-order valence-corrected chi connectivity index (χ0v) is 12.6. The van der Waals surface area contributed by atoms with E-state index in [1.54, 1.807) is 6.92 Å². The van der Waals surface area contributed by atoms with Crippen molar-refractivity contribution < 1.29 is 14.4 Å². The Hall–Kier alpha value is -1.89. The molecule has 0 radical (unpaired) electrons. The van der Waals surface area contributed by atoms with Gasteiger partial charge >= 0.3 is 5.97 Å². The Morgan fingerprint density at radius 2 is 2.19 bits per heavy atom. The maximum atomic E-state index is 11.4. The van der Waals surface area contributed by atoms with Crippen molar-refractivity contribution in [2.24, 2.45) is 0 Å². The summed E-state index contributed by atoms with van der Waals surface area (Å²) in [5.74, 6) is 1.42. The van der Waals surface area contributed by atoms with E-state index in [-0.39, 0.29) is 5.56 Å². The van der Waals surface area contributed by atoms with E-state index >= 15 is 0 Å². The van der Waals surface area contributed by atoms with Crippen LogP contribution in [0.25, 0.3) is 0 Å². The number of carboxylic acids is 1. The lowest BCUT2D eigenvalue weighted by atomic mass is 10.2. The molecule has 1 N–H and O–H groups in total. The SMILES string of the molecule is Cc1cc(CSc2nc(C3CC3)nc(C)c2C(=O)O)no1. The van der Waals surface area contributed by atoms with Gasteiger partial charge in [0.2, 0.25) is 0 Å². The zero-order chi connectivity index (χ0) is 15.0. The van der Waals surface area contributed by atoms with E-state index in [2.05, 4.69) is 15.1 Å². The third-order valence-corrected chi connectivity index (χ3v) is 4.27. The van der Waals surface area contributed by atoms with Gasteiger partial charge in [-0.3, -0.25) is 0 Å². The van der Waals surface area contributed by atoms with Crippen LogP contribution < -0.4 is 0 Å². The van der Waals surface area contributed by atoms with Crippen LogP contribution >= 0.6 is 11.8 Å². The topological polar surface area (TPSA) is 89.1 Å². The van der Waals surface area contributed by atoms with E-state index in [0.717, 1.165) is 30.1 Å². The maximum Gasteiger partial charge on any atom is 0.340 e. The van der Waals surface area contributed by atoms with Crippen LogP contribution in [0.5, 0.6) is 0 Å². The first-order valence-corrected chi connectivity index (χ1v) is 7.70. The highest BCUT2D eigenvalue weighted by Crippen LogP contribution is 2.39. The minimum atomic E-state index is -0.992. The summed E-state index contributed by atoms with van der Waals surface area (Å²) in [5, 5.41) is 13.8. The van der Waals surface area contributed by atoms with Gasteiger partial charge in [-0.15, -0.1) is 0 Å². The van der Waals surface area contributed by atoms with E-state index in [4.69, 9.17) is 4.52 Å². The predicted octanol–water partition coefficient (Wildman–Crippen LogP) is 2.95. The Labute approximate surface area is 126 Å². The van der Waals surface area contributed by atoms with Crippen molar-refractivity contribution in [1.82, 2.24) is 15.1 Å². The normalized spacial score (nSPS) is 14.4. The van der Waals surface area contributed by atoms with Gasteiger partial charge in [0, 0.05) is 17.7 Å². The quantitative estimate of drug-likeness (QED) is 0.671. The summed E-state index contributed by atoms with van der Waals surface area (Å²) in [6.45, 7) is 3.55. The Kier molecular flexibility index (Phi) is 3.67. The molecular formula is C14H15N3O3S. The Morgan fingerprint density at radius 1 is 1.43 bits per heavy atom. The van der Waals surface area contributed by atoms with Crippen molar-refractivity contribution in [3.8, 4) is 0 Å². The third-order valence-electron chi connectivity index (χ3n) is 3.26. The molecule has 7 heteroatoms. The average molecular weight is 305 g/mol. The summed E-state index contributed by atoms with van der Waals surface area (Å²) in [6.07, 6.45) is 2.16. The van der Waals surface area contributed by atoms with E-state index < -0.39 is 5.97 Å². The van der Waals surface area contributed by atoms with Crippen molar-refractivity contribution >= 4 is 17.7 Å². The van der Waals surface area contributed by atoms with Crippen LogP contribution in [0.15, 0.2) is 15.6 Å². The molecule has 0 atom stereocenters. The first kappa shape index (κ1) is 14.1. The van der Waals surface area contributed by atoms with Crippen LogP contribution in [0.4, 0.5) is 0 Å². The van der Waals surface area contributed by atoms with Gasteiger partial charge < -0.3 is 9.63 Å². The van der Waals surface area contributed by atoms with Crippen molar-refractivity contribution in [2.45, 2.75) is 43.4 Å². The van der Waals surface area contributed by atoms with E-state index in [1.807, 2.05) is 13.0 Å². The van der Waals surface area contributed by atoms with E-state index in [1.165, 1.54) is 11.8 Å². The smallest absolute Gasteiger partial charge is 0.340 e. The lowest BCUT2D eigenvalue weighted by Gasteiger charge is -2.09. The molecule has 0 aromatic carbocycles. The maximum absolute atomic E-state index is 11.4. The molecule has 6 nitrogen and oxygen atoms in total. The molecule has 3 rings (SSSR count). The summed E-state index contributed by atoms with van der Waals surface area (Å²) < 4.78 is 5.01. The first-order valence-electron chi connectivity index (χ1n) is 6.71. The molecule has 0 unspecified atom stereocenters. The summed E-state index contributed by atoms with van der Waals surface area (Å²) in [7, 11) is 0. The van der Waals surface area contributed by atoms with Gasteiger partial charge in [-0.2, -0.15) is 0 Å². The van der Waals surface area contributed by atoms with Gasteiger partial charge in [-0.05, 0) is 26.7 Å². The number of aryl methyl sites for hydroxylation is 2. The number of hydrogen-bond acceptors (Lipinski definition) is 6. The van der Waals surface area contributed by atoms with Crippen molar-refractivity contribution in [3.05, 3.63) is 34.6 Å². The summed E-state index contributed by atoms with van der Waals surface area (Å²) >= 11 is 1.36. The number of rotatable bonds is 5. The fourth-order valence-corrected chi connectivity index (χ4v) is 3.03. The Bertz CT molecular complexity index is 695. The van der Waals surface area contributed by atoms with Gasteiger partial charge in [0.25, 0.3) is 0 Å². The second-order valence-electron chi connectivity index (χ2n) is 5.14. The summed E-state index contributed by atoms with van der Waals surface area (Å²) in [5.41, 5.74) is 1.49. The third kappa shape index (κ3) is 3.07. The Balaban J connectivity index is 1.88. The van der Waals surface area contributed by atoms with Gasteiger partial charge in [0.1, 0.15) is 22.2 Å². The summed E-state index contributed by atoms with van der Waals surface area (Å²) in [4.78, 5) is 20.2. The predicted molar refractivity (Wildman–Crippen MR) is 76.5 cm³/mol. The number of nitrogens with zero attached hydrogens (tertiary/aromatic N) is 3. The number of thioether (sulfide) groups is 1. The number of carboxylic acid groups (broad SMARTS) is 1. The van der Waals surface area contributed by atoms with Crippen LogP contribution in [0, 0.1) is 13.8 Å². The van der Waals surface area contributed by atoms with Crippen LogP contribution in [0.2, 0.25) is 0 Å². The number of hydrogen-bond donors (Lipinski definition) is 1. The molecule has 1 saturated carbocycles. The van der Waals surface area contributed by atoms with Crippen LogP contribution in [-0.2, 0) is 5.75 Å². The van der Waals surface area contributed by atoms with Gasteiger partial charge in [0.15, 0.2) is 0 Å². The second-order valence-corrected chi connectivity index (χ2v) is 6.11. The number of aromatic nitrogens is 3. The molecule has 0 bridgehead atoms. The molecule has 2 heterocycles. The highest BCUT2D eigenvalue weighted by atomic mass is 32.2. The lowest BCUT2D eigenvalue weighted by molar-refractivity contribution is 0.0690. The first-order chi connectivity index (χ1) is 10.0. The standard InChI is InChI=1S/C14H15N3O3S/c1-7-5-10(17-20-7)6-21-13-11(14(18)19)8(2)15-12(16-13)9-3-4-9/h5,9H,3-4,6H2,1-2H3,(H,18,19). The van der Waals surface area contributed by atoms with Crippen molar-refractivity contribution in [3.63, 3.8) is 0 Å². The number of aromatic carboxylic acids is 1. The molecule has 0 amide bonds. The molecule has 0 saturated heterocycles. The van der Waals surface area contributed by atoms with Gasteiger partial charge in [-0.1, -0.05) is 16.9 Å². The van der Waals surface area contributed by atoms with Gasteiger partial charge in [0.05, 0.1) is 11.4 Å². The van der Waals surface area contributed by atoms with Crippen molar-refractivity contribution in [1.29, 1.82) is 0 Å². The molecule has 1 fully saturated rings. The highest BCUT2D eigenvalue weighted by Gasteiger charge is 2.29. The second kappa shape index (κ2) is 5.48. The molecule has 21 heavy (non-hydrogen) atoms. The minimum absolute atomic E-state index is 0.185. The number of carbonyl (C=O) groups is 1. The van der Waals surface area contributed by atoms with Gasteiger partial charge in [-0.25, -0.2) is 14.8 Å². The molecule has 1 aliphatic carbocycles. The van der Waals surface area contributed by atoms with Crippen LogP contribution in [0.3, 0.4) is 0 Å². The van der Waals surface area contributed by atoms with Crippen molar-refractivity contribution in [2.75, 3.05) is 0 Å². The fraction of sp³-hybridized carbons (Fsp3) is 0.429. The lowest BCUT2D eigenvalue weighted by Crippen LogP contribution is -2.09. The monoisotopic (exact) mass is 305 g/mol. The van der Waals surface area contributed by atoms with E-state index in [0.29, 0.717) is 22.4 Å². The molecule has 0 aliphatic heterocycles. The molecule has 0 spiro atoms. The average Bonchev–Trinajstić information content (AvgIpc) is 3.18. The van der Waals surface area contributed by atoms with Crippen LogP contribution in [-0.4, -0.2) is 26.2 Å². The Morgan fingerprint density at radius 3 is 2.76 bits per heavy atom. The summed E-state index contributed by atoms with van der Waals surface area (Å²) in [6, 6.07) is 1.84. The molecule has 2 aromatic rings. The minimum Gasteiger partial charge on any atom is -0.478 e. The molecule has 2 aromatic heterocycles. The molecular weight excluding hydrogens is 290 g/mol. The zero-order valence-electron chi connectivity index (χ0n) is 11.8. The molecule has 110 valence electrons. The van der Waals surface area contributed by atoms with Crippen LogP contribution in [0.1, 0.15) is 52.1 Å². The fourth-order valence-electron chi connectivity index (χ4n) is 2.07. The largest absolute Gasteiger partial charge is 0.478 e. The highest BCUT2D eigenvalue weighted by molar-refractivity contribution is 7.98. The molecule has 1 aliphatic rings.